The van der Waals surface area contributed by atoms with Crippen LogP contribution in [-0.2, 0) is 6.54 Å². The highest BCUT2D eigenvalue weighted by Gasteiger charge is 2.19. The van der Waals surface area contributed by atoms with Crippen molar-refractivity contribution in [1.29, 1.82) is 0 Å². The third kappa shape index (κ3) is 2.88. The largest absolute Gasteiger partial charge is 0.493 e. The summed E-state index contributed by atoms with van der Waals surface area (Å²) < 4.78 is 8.73. The number of hydrogen-bond donors (Lipinski definition) is 1. The van der Waals surface area contributed by atoms with Crippen molar-refractivity contribution in [3.8, 4) is 11.4 Å². The maximum absolute atomic E-state index is 12.6. The van der Waals surface area contributed by atoms with E-state index in [1.54, 1.807) is 10.9 Å². The Labute approximate surface area is 149 Å². The number of nitrogens with zero attached hydrogens (tertiary/aromatic N) is 5. The van der Waals surface area contributed by atoms with E-state index in [0.717, 1.165) is 11.3 Å². The molecule has 26 heavy (non-hydrogen) atoms. The lowest BCUT2D eigenvalue weighted by Crippen LogP contribution is -2.25. The number of rotatable bonds is 5. The summed E-state index contributed by atoms with van der Waals surface area (Å²) in [6.45, 7) is 0.228. The summed E-state index contributed by atoms with van der Waals surface area (Å²) in [6, 6.07) is 15.1. The predicted molar refractivity (Wildman–Crippen MR) is 94.3 cm³/mol. The number of nitrogens with one attached hydrogen (secondary N) is 1. The Kier molecular flexibility index (Phi) is 4.06. The second-order valence-corrected chi connectivity index (χ2v) is 5.55. The normalized spacial score (nSPS) is 10.8. The second kappa shape index (κ2) is 6.67. The van der Waals surface area contributed by atoms with Crippen LogP contribution in [0.2, 0.25) is 0 Å². The molecule has 1 amide bonds. The van der Waals surface area contributed by atoms with Crippen LogP contribution in [0.5, 0.6) is 5.75 Å². The summed E-state index contributed by atoms with van der Waals surface area (Å²) in [6.07, 6.45) is 3.53. The van der Waals surface area contributed by atoms with Gasteiger partial charge < -0.3 is 10.1 Å². The Bertz CT molecular complexity index is 1050. The SMILES string of the molecule is COc1cn(-c2ccccc2)nc1C(=O)NCc1nnc2ccccn12. The molecule has 4 aromatic rings. The molecule has 3 heterocycles. The number of pyridine rings is 1. The van der Waals surface area contributed by atoms with Gasteiger partial charge in [0.05, 0.1) is 25.5 Å². The van der Waals surface area contributed by atoms with Crippen molar-refractivity contribution in [3.05, 3.63) is 72.4 Å². The van der Waals surface area contributed by atoms with Gasteiger partial charge in [0.25, 0.3) is 5.91 Å². The van der Waals surface area contributed by atoms with Gasteiger partial charge in [-0.25, -0.2) is 4.68 Å². The first-order valence-corrected chi connectivity index (χ1v) is 8.02. The van der Waals surface area contributed by atoms with Gasteiger partial charge in [-0.05, 0) is 24.3 Å². The highest BCUT2D eigenvalue weighted by atomic mass is 16.5. The minimum Gasteiger partial charge on any atom is -0.493 e. The van der Waals surface area contributed by atoms with E-state index >= 15 is 0 Å². The van der Waals surface area contributed by atoms with E-state index in [9.17, 15) is 4.79 Å². The van der Waals surface area contributed by atoms with Crippen LogP contribution in [0.4, 0.5) is 0 Å². The summed E-state index contributed by atoms with van der Waals surface area (Å²) in [7, 11) is 1.51. The summed E-state index contributed by atoms with van der Waals surface area (Å²) in [5.74, 6) is 0.692. The fourth-order valence-electron chi connectivity index (χ4n) is 2.63. The summed E-state index contributed by atoms with van der Waals surface area (Å²) in [5.41, 5.74) is 1.78. The van der Waals surface area contributed by atoms with Crippen LogP contribution >= 0.6 is 0 Å². The lowest BCUT2D eigenvalue weighted by molar-refractivity contribution is 0.0941. The standard InChI is InChI=1S/C18H16N6O2/c1-26-14-12-24(13-7-3-2-4-8-13)22-17(14)18(25)19-11-16-21-20-15-9-5-6-10-23(15)16/h2-10,12H,11H2,1H3,(H,19,25). The molecule has 0 saturated carbocycles. The summed E-state index contributed by atoms with van der Waals surface area (Å²) in [5, 5.41) is 15.3. The lowest BCUT2D eigenvalue weighted by Gasteiger charge is -2.03. The minimum absolute atomic E-state index is 0.213. The van der Waals surface area contributed by atoms with E-state index in [-0.39, 0.29) is 18.1 Å². The molecule has 0 aliphatic rings. The number of fused-ring (bicyclic) bond motifs is 1. The van der Waals surface area contributed by atoms with Crippen LogP contribution in [0.15, 0.2) is 60.9 Å². The molecule has 0 saturated heterocycles. The van der Waals surface area contributed by atoms with Crippen LogP contribution < -0.4 is 10.1 Å². The van der Waals surface area contributed by atoms with Gasteiger partial charge in [-0.3, -0.25) is 9.20 Å². The van der Waals surface area contributed by atoms with Crippen molar-refractivity contribution in [1.82, 2.24) is 29.7 Å². The van der Waals surface area contributed by atoms with E-state index in [1.165, 1.54) is 7.11 Å². The molecule has 0 aliphatic heterocycles. The van der Waals surface area contributed by atoms with Crippen molar-refractivity contribution >= 4 is 11.6 Å². The quantitative estimate of drug-likeness (QED) is 0.595. The second-order valence-electron chi connectivity index (χ2n) is 5.55. The molecule has 0 fully saturated rings. The van der Waals surface area contributed by atoms with Crippen molar-refractivity contribution in [2.45, 2.75) is 6.54 Å². The highest BCUT2D eigenvalue weighted by molar-refractivity contribution is 5.94. The molecule has 8 heteroatoms. The van der Waals surface area contributed by atoms with E-state index in [2.05, 4.69) is 20.6 Å². The van der Waals surface area contributed by atoms with Gasteiger partial charge in [-0.15, -0.1) is 10.2 Å². The molecule has 0 aliphatic carbocycles. The minimum atomic E-state index is -0.343. The number of ether oxygens (including phenoxy) is 1. The first kappa shape index (κ1) is 15.8. The molecule has 0 unspecified atom stereocenters. The summed E-state index contributed by atoms with van der Waals surface area (Å²) in [4.78, 5) is 12.6. The fourth-order valence-corrected chi connectivity index (χ4v) is 2.63. The topological polar surface area (TPSA) is 86.3 Å². The van der Waals surface area contributed by atoms with E-state index in [4.69, 9.17) is 4.74 Å². The average molecular weight is 348 g/mol. The van der Waals surface area contributed by atoms with E-state index in [0.29, 0.717) is 11.6 Å². The molecule has 3 aromatic heterocycles. The summed E-state index contributed by atoms with van der Waals surface area (Å²) >= 11 is 0. The first-order chi connectivity index (χ1) is 12.8. The number of hydrogen-bond acceptors (Lipinski definition) is 5. The molecule has 0 radical (unpaired) electrons. The zero-order valence-electron chi connectivity index (χ0n) is 14.0. The Morgan fingerprint density at radius 2 is 1.92 bits per heavy atom. The van der Waals surface area contributed by atoms with Crippen LogP contribution in [0.25, 0.3) is 11.3 Å². The van der Waals surface area contributed by atoms with Gasteiger partial charge in [-0.1, -0.05) is 24.3 Å². The van der Waals surface area contributed by atoms with Gasteiger partial charge in [0.2, 0.25) is 0 Å². The molecule has 0 spiro atoms. The van der Waals surface area contributed by atoms with Crippen molar-refractivity contribution < 1.29 is 9.53 Å². The molecule has 4 rings (SSSR count). The Balaban J connectivity index is 1.55. The molecule has 130 valence electrons. The maximum Gasteiger partial charge on any atom is 0.276 e. The molecule has 1 aromatic carbocycles. The predicted octanol–water partition coefficient (Wildman–Crippen LogP) is 1.85. The highest BCUT2D eigenvalue weighted by Crippen LogP contribution is 2.19. The zero-order valence-corrected chi connectivity index (χ0v) is 14.0. The number of carbonyl (C=O) groups is 1. The zero-order chi connectivity index (χ0) is 17.9. The molecule has 0 bridgehead atoms. The Hall–Kier alpha value is -3.68. The smallest absolute Gasteiger partial charge is 0.276 e. The lowest BCUT2D eigenvalue weighted by atomic mass is 10.3. The molecule has 0 atom stereocenters. The maximum atomic E-state index is 12.6. The van der Waals surface area contributed by atoms with Gasteiger partial charge in [0, 0.05) is 6.20 Å². The van der Waals surface area contributed by atoms with Crippen LogP contribution in [0, 0.1) is 0 Å². The van der Waals surface area contributed by atoms with Gasteiger partial charge in [-0.2, -0.15) is 5.10 Å². The van der Waals surface area contributed by atoms with Crippen LogP contribution in [-0.4, -0.2) is 37.4 Å². The molecular weight excluding hydrogens is 332 g/mol. The number of amides is 1. The van der Waals surface area contributed by atoms with Crippen molar-refractivity contribution in [2.24, 2.45) is 0 Å². The first-order valence-electron chi connectivity index (χ1n) is 8.02. The van der Waals surface area contributed by atoms with Crippen LogP contribution in [0.3, 0.4) is 0 Å². The van der Waals surface area contributed by atoms with Crippen molar-refractivity contribution in [3.63, 3.8) is 0 Å². The number of methoxy groups -OCH3 is 1. The van der Waals surface area contributed by atoms with E-state index in [1.807, 2.05) is 59.1 Å². The molecule has 1 N–H and O–H groups in total. The number of aromatic nitrogens is 5. The van der Waals surface area contributed by atoms with Gasteiger partial charge in [0.15, 0.2) is 22.9 Å². The Morgan fingerprint density at radius 1 is 1.12 bits per heavy atom. The average Bonchev–Trinajstić information content (AvgIpc) is 3.31. The third-order valence-electron chi connectivity index (χ3n) is 3.93. The van der Waals surface area contributed by atoms with Gasteiger partial charge in [0.1, 0.15) is 0 Å². The third-order valence-corrected chi connectivity index (χ3v) is 3.93. The molecular formula is C18H16N6O2. The molecule has 8 nitrogen and oxygen atoms in total. The van der Waals surface area contributed by atoms with E-state index < -0.39 is 0 Å². The fraction of sp³-hybridized carbons (Fsp3) is 0.111. The number of carbonyl (C=O) groups excluding carboxylic acids is 1. The Morgan fingerprint density at radius 3 is 2.73 bits per heavy atom. The number of para-hydroxylation sites is 1. The van der Waals surface area contributed by atoms with Crippen molar-refractivity contribution in [2.75, 3.05) is 7.11 Å². The monoisotopic (exact) mass is 348 g/mol. The number of benzene rings is 1. The van der Waals surface area contributed by atoms with Crippen LogP contribution in [0.1, 0.15) is 16.3 Å². The van der Waals surface area contributed by atoms with Gasteiger partial charge >= 0.3 is 0 Å².